The molecule has 2 heterocycles. The van der Waals surface area contributed by atoms with Gasteiger partial charge in [0.05, 0.1) is 26.9 Å². The Balaban J connectivity index is 2.25. The van der Waals surface area contributed by atoms with Gasteiger partial charge in [-0.2, -0.15) is 4.98 Å². The van der Waals surface area contributed by atoms with Crippen LogP contribution in [0.15, 0.2) is 22.1 Å². The SMILES string of the molecule is COc1cc(C2CC(=O)Nc3c2c(=O)nc(SC)n3C)cc(OC)c1OC. The van der Waals surface area contributed by atoms with Crippen molar-refractivity contribution in [3.8, 4) is 17.2 Å². The van der Waals surface area contributed by atoms with E-state index < -0.39 is 5.92 Å². The van der Waals surface area contributed by atoms with Gasteiger partial charge >= 0.3 is 0 Å². The molecule has 144 valence electrons. The van der Waals surface area contributed by atoms with Crippen LogP contribution in [-0.4, -0.2) is 43.0 Å². The molecule has 8 nitrogen and oxygen atoms in total. The molecule has 1 aliphatic heterocycles. The minimum atomic E-state index is -0.468. The first-order chi connectivity index (χ1) is 12.9. The zero-order chi connectivity index (χ0) is 19.7. The highest BCUT2D eigenvalue weighted by atomic mass is 32.2. The van der Waals surface area contributed by atoms with Crippen LogP contribution in [0.5, 0.6) is 17.2 Å². The Hall–Kier alpha value is -2.68. The standard InChI is InChI=1S/C18H21N3O5S/c1-21-16-14(17(23)20-18(21)27-5)10(8-13(22)19-16)9-6-11(24-2)15(26-4)12(7-9)25-3/h6-7,10H,8H2,1-5H3,(H,19,22). The second kappa shape index (κ2) is 7.51. The number of nitrogens with zero attached hydrogens (tertiary/aromatic N) is 2. The van der Waals surface area contributed by atoms with E-state index in [0.717, 1.165) is 5.56 Å². The van der Waals surface area contributed by atoms with Crippen LogP contribution < -0.4 is 25.1 Å². The predicted molar refractivity (Wildman–Crippen MR) is 102 cm³/mol. The summed E-state index contributed by atoms with van der Waals surface area (Å²) in [5.41, 5.74) is 0.812. The highest BCUT2D eigenvalue weighted by Crippen LogP contribution is 2.43. The molecule has 0 radical (unpaired) electrons. The third kappa shape index (κ3) is 3.23. The van der Waals surface area contributed by atoms with Crippen LogP contribution in [-0.2, 0) is 11.8 Å². The van der Waals surface area contributed by atoms with Crippen LogP contribution in [0.3, 0.4) is 0 Å². The number of thioether (sulfide) groups is 1. The molecule has 1 atom stereocenters. The van der Waals surface area contributed by atoms with Gasteiger partial charge in [0.1, 0.15) is 5.82 Å². The lowest BCUT2D eigenvalue weighted by Gasteiger charge is -2.28. The number of methoxy groups -OCH3 is 3. The summed E-state index contributed by atoms with van der Waals surface area (Å²) >= 11 is 1.34. The van der Waals surface area contributed by atoms with Crippen LogP contribution in [0, 0.1) is 0 Å². The molecule has 0 aliphatic carbocycles. The Kier molecular flexibility index (Phi) is 5.31. The van der Waals surface area contributed by atoms with Crippen LogP contribution in [0.1, 0.15) is 23.5 Å². The number of fused-ring (bicyclic) bond motifs is 1. The Morgan fingerprint density at radius 3 is 2.30 bits per heavy atom. The number of carbonyl (C=O) groups is 1. The summed E-state index contributed by atoms with van der Waals surface area (Å²) in [7, 11) is 6.34. The molecule has 0 fully saturated rings. The molecule has 1 N–H and O–H groups in total. The average Bonchev–Trinajstić information content (AvgIpc) is 2.68. The molecule has 0 saturated carbocycles. The van der Waals surface area contributed by atoms with Crippen molar-refractivity contribution in [2.75, 3.05) is 32.9 Å². The summed E-state index contributed by atoms with van der Waals surface area (Å²) in [4.78, 5) is 29.3. The fraction of sp³-hybridized carbons (Fsp3) is 0.389. The van der Waals surface area contributed by atoms with Crippen molar-refractivity contribution in [1.82, 2.24) is 9.55 Å². The number of rotatable bonds is 5. The minimum absolute atomic E-state index is 0.126. The number of nitrogens with one attached hydrogen (secondary N) is 1. The zero-order valence-electron chi connectivity index (χ0n) is 15.8. The van der Waals surface area contributed by atoms with Crippen LogP contribution >= 0.6 is 11.8 Å². The summed E-state index contributed by atoms with van der Waals surface area (Å²) < 4.78 is 17.9. The smallest absolute Gasteiger partial charge is 0.279 e. The maximum Gasteiger partial charge on any atom is 0.279 e. The molecule has 1 aromatic heterocycles. The number of anilines is 1. The second-order valence-corrected chi connectivity index (χ2v) is 6.76. The molecular formula is C18H21N3O5S. The Morgan fingerprint density at radius 1 is 1.15 bits per heavy atom. The summed E-state index contributed by atoms with van der Waals surface area (Å²) in [6, 6.07) is 3.52. The van der Waals surface area contributed by atoms with Crippen molar-refractivity contribution < 1.29 is 19.0 Å². The Labute approximate surface area is 160 Å². The van der Waals surface area contributed by atoms with Crippen molar-refractivity contribution in [2.24, 2.45) is 7.05 Å². The van der Waals surface area contributed by atoms with Gasteiger partial charge in [-0.3, -0.25) is 9.59 Å². The maximum absolute atomic E-state index is 12.7. The molecule has 9 heteroatoms. The van der Waals surface area contributed by atoms with E-state index in [1.165, 1.54) is 33.1 Å². The lowest BCUT2D eigenvalue weighted by atomic mass is 9.86. The molecule has 3 rings (SSSR count). The average molecular weight is 391 g/mol. The first kappa shape index (κ1) is 19.1. The van der Waals surface area contributed by atoms with Crippen molar-refractivity contribution >= 4 is 23.5 Å². The van der Waals surface area contributed by atoms with Gasteiger partial charge in [-0.25, -0.2) is 0 Å². The van der Waals surface area contributed by atoms with E-state index >= 15 is 0 Å². The number of amides is 1. The molecule has 27 heavy (non-hydrogen) atoms. The van der Waals surface area contributed by atoms with Crippen molar-refractivity contribution in [2.45, 2.75) is 17.5 Å². The summed E-state index contributed by atoms with van der Waals surface area (Å²) in [5, 5.41) is 3.34. The summed E-state index contributed by atoms with van der Waals surface area (Å²) in [6.45, 7) is 0. The predicted octanol–water partition coefficient (Wildman–Crippen LogP) is 2.00. The van der Waals surface area contributed by atoms with E-state index in [4.69, 9.17) is 14.2 Å². The van der Waals surface area contributed by atoms with Gasteiger partial charge in [0, 0.05) is 19.4 Å². The third-order valence-corrected chi connectivity index (χ3v) is 5.30. The quantitative estimate of drug-likeness (QED) is 0.616. The topological polar surface area (TPSA) is 91.7 Å². The van der Waals surface area contributed by atoms with E-state index in [2.05, 4.69) is 10.3 Å². The molecular weight excluding hydrogens is 370 g/mol. The van der Waals surface area contributed by atoms with Gasteiger partial charge in [-0.15, -0.1) is 0 Å². The first-order valence-electron chi connectivity index (χ1n) is 8.19. The third-order valence-electron chi connectivity index (χ3n) is 4.57. The molecule has 1 aromatic carbocycles. The fourth-order valence-corrected chi connectivity index (χ4v) is 3.84. The number of hydrogen-bond acceptors (Lipinski definition) is 7. The first-order valence-corrected chi connectivity index (χ1v) is 9.42. The highest BCUT2D eigenvalue weighted by Gasteiger charge is 2.33. The van der Waals surface area contributed by atoms with Crippen molar-refractivity contribution in [3.63, 3.8) is 0 Å². The number of aromatic nitrogens is 2. The van der Waals surface area contributed by atoms with E-state index in [0.29, 0.717) is 33.8 Å². The van der Waals surface area contributed by atoms with E-state index in [-0.39, 0.29) is 17.9 Å². The maximum atomic E-state index is 12.7. The number of ether oxygens (including phenoxy) is 3. The van der Waals surface area contributed by atoms with Crippen molar-refractivity contribution in [1.29, 1.82) is 0 Å². The Morgan fingerprint density at radius 2 is 1.78 bits per heavy atom. The second-order valence-electron chi connectivity index (χ2n) is 5.99. The molecule has 1 unspecified atom stereocenters. The minimum Gasteiger partial charge on any atom is -0.493 e. The normalized spacial score (nSPS) is 15.7. The van der Waals surface area contributed by atoms with Gasteiger partial charge < -0.3 is 24.1 Å². The van der Waals surface area contributed by atoms with Gasteiger partial charge in [-0.05, 0) is 24.0 Å². The molecule has 0 bridgehead atoms. The zero-order valence-corrected chi connectivity index (χ0v) is 16.6. The van der Waals surface area contributed by atoms with Gasteiger partial charge in [0.2, 0.25) is 11.7 Å². The van der Waals surface area contributed by atoms with Gasteiger partial charge in [0.25, 0.3) is 5.56 Å². The van der Waals surface area contributed by atoms with Gasteiger partial charge in [0.15, 0.2) is 16.7 Å². The monoisotopic (exact) mass is 391 g/mol. The molecule has 2 aromatic rings. The number of carbonyl (C=O) groups excluding carboxylic acids is 1. The van der Waals surface area contributed by atoms with E-state index in [1.54, 1.807) is 23.7 Å². The molecule has 0 saturated heterocycles. The van der Waals surface area contributed by atoms with Crippen LogP contribution in [0.2, 0.25) is 0 Å². The van der Waals surface area contributed by atoms with Crippen molar-refractivity contribution in [3.05, 3.63) is 33.6 Å². The fourth-order valence-electron chi connectivity index (χ4n) is 3.31. The van der Waals surface area contributed by atoms with Crippen LogP contribution in [0.25, 0.3) is 0 Å². The van der Waals surface area contributed by atoms with E-state index in [9.17, 15) is 9.59 Å². The number of benzene rings is 1. The molecule has 0 spiro atoms. The highest BCUT2D eigenvalue weighted by molar-refractivity contribution is 7.98. The van der Waals surface area contributed by atoms with Crippen LogP contribution in [0.4, 0.5) is 5.82 Å². The lowest BCUT2D eigenvalue weighted by molar-refractivity contribution is -0.116. The lowest BCUT2D eigenvalue weighted by Crippen LogP contribution is -2.33. The molecule has 1 amide bonds. The summed E-state index contributed by atoms with van der Waals surface area (Å²) in [6.07, 6.45) is 1.96. The largest absolute Gasteiger partial charge is 0.493 e. The van der Waals surface area contributed by atoms with E-state index in [1.807, 2.05) is 6.26 Å². The Bertz CT molecular complexity index is 932. The summed E-state index contributed by atoms with van der Waals surface area (Å²) in [5.74, 6) is 1.20. The molecule has 1 aliphatic rings. The number of hydrogen-bond donors (Lipinski definition) is 1. The van der Waals surface area contributed by atoms with Gasteiger partial charge in [-0.1, -0.05) is 11.8 Å².